The largest absolute Gasteiger partial charge is 0.345 e. The predicted octanol–water partition coefficient (Wildman–Crippen LogP) is 4.12. The number of aryl methyl sites for hydroxylation is 2. The summed E-state index contributed by atoms with van der Waals surface area (Å²) in [4.78, 5) is 12.3. The minimum Gasteiger partial charge on any atom is -0.345 e. The first-order valence-corrected chi connectivity index (χ1v) is 9.27. The van der Waals surface area contributed by atoms with Gasteiger partial charge >= 0.3 is 0 Å². The Bertz CT molecular complexity index is 1000. The number of carbonyl (C=O) groups is 1. The minimum absolute atomic E-state index is 0.170. The van der Waals surface area contributed by atoms with E-state index in [1.807, 2.05) is 10.6 Å². The number of nitrogens with one attached hydrogen (secondary N) is 2. The summed E-state index contributed by atoms with van der Waals surface area (Å²) in [6, 6.07) is 11.7. The fraction of sp³-hybridized carbons (Fsp3) is 0.250. The van der Waals surface area contributed by atoms with Crippen LogP contribution in [0.2, 0.25) is 0 Å². The second-order valence-electron chi connectivity index (χ2n) is 6.11. The number of hydrogen-bond acceptors (Lipinski definition) is 3. The number of amides is 1. The Kier molecular flexibility index (Phi) is 5.81. The van der Waals surface area contributed by atoms with Crippen molar-refractivity contribution in [3.05, 3.63) is 75.6 Å². The van der Waals surface area contributed by atoms with Gasteiger partial charge in [0.15, 0.2) is 10.6 Å². The molecule has 0 saturated heterocycles. The van der Waals surface area contributed by atoms with Gasteiger partial charge in [0.2, 0.25) is 0 Å². The van der Waals surface area contributed by atoms with E-state index in [0.717, 1.165) is 29.7 Å². The zero-order valence-electron chi connectivity index (χ0n) is 15.3. The molecule has 2 N–H and O–H groups in total. The molecule has 0 fully saturated rings. The van der Waals surface area contributed by atoms with Crippen molar-refractivity contribution in [3.63, 3.8) is 0 Å². The number of aromatic amines is 1. The summed E-state index contributed by atoms with van der Waals surface area (Å²) in [5.41, 5.74) is 3.59. The van der Waals surface area contributed by atoms with E-state index < -0.39 is 5.82 Å². The van der Waals surface area contributed by atoms with Crippen LogP contribution in [0.15, 0.2) is 42.5 Å². The normalized spacial score (nSPS) is 10.8. The zero-order chi connectivity index (χ0) is 19.4. The molecule has 0 atom stereocenters. The third-order valence-electron chi connectivity index (χ3n) is 4.42. The summed E-state index contributed by atoms with van der Waals surface area (Å²) in [6.45, 7) is 4.35. The van der Waals surface area contributed by atoms with Crippen LogP contribution in [0.5, 0.6) is 0 Å². The molecule has 1 heterocycles. The van der Waals surface area contributed by atoms with Crippen LogP contribution in [-0.2, 0) is 19.4 Å². The number of aromatic nitrogens is 3. The third kappa shape index (κ3) is 3.98. The molecule has 7 heteroatoms. The molecule has 2 aromatic carbocycles. The summed E-state index contributed by atoms with van der Waals surface area (Å²) in [7, 11) is 0. The maximum absolute atomic E-state index is 13.3. The van der Waals surface area contributed by atoms with Crippen LogP contribution in [0.4, 0.5) is 4.39 Å². The van der Waals surface area contributed by atoms with Crippen LogP contribution < -0.4 is 5.32 Å². The lowest BCUT2D eigenvalue weighted by Crippen LogP contribution is -2.25. The molecule has 140 valence electrons. The zero-order valence-corrected chi connectivity index (χ0v) is 16.1. The summed E-state index contributed by atoms with van der Waals surface area (Å²) in [6.07, 6.45) is 1.70. The molecular formula is C20H21FN4OS. The number of benzene rings is 2. The van der Waals surface area contributed by atoms with E-state index in [0.29, 0.717) is 10.6 Å². The Morgan fingerprint density at radius 2 is 1.85 bits per heavy atom. The molecule has 5 nitrogen and oxygen atoms in total. The van der Waals surface area contributed by atoms with E-state index in [-0.39, 0.29) is 18.0 Å². The number of rotatable bonds is 6. The van der Waals surface area contributed by atoms with E-state index in [1.165, 1.54) is 18.2 Å². The number of hydrogen-bond donors (Lipinski definition) is 2. The van der Waals surface area contributed by atoms with Crippen LogP contribution in [0.1, 0.15) is 41.2 Å². The average Bonchev–Trinajstić information content (AvgIpc) is 3.05. The molecule has 3 aromatic rings. The van der Waals surface area contributed by atoms with Crippen molar-refractivity contribution < 1.29 is 9.18 Å². The van der Waals surface area contributed by atoms with Gasteiger partial charge in [0.25, 0.3) is 5.91 Å². The highest BCUT2D eigenvalue weighted by Crippen LogP contribution is 2.23. The molecule has 0 radical (unpaired) electrons. The molecular weight excluding hydrogens is 363 g/mol. The molecule has 27 heavy (non-hydrogen) atoms. The number of nitrogens with zero attached hydrogens (tertiary/aromatic N) is 2. The lowest BCUT2D eigenvalue weighted by molar-refractivity contribution is 0.0949. The van der Waals surface area contributed by atoms with Gasteiger partial charge < -0.3 is 5.32 Å². The number of carbonyl (C=O) groups excluding carboxylic acids is 1. The van der Waals surface area contributed by atoms with E-state index in [9.17, 15) is 9.18 Å². The number of H-pyrrole nitrogens is 1. The van der Waals surface area contributed by atoms with Crippen LogP contribution >= 0.6 is 12.2 Å². The summed E-state index contributed by atoms with van der Waals surface area (Å²) in [5, 5.41) is 9.88. The van der Waals surface area contributed by atoms with Gasteiger partial charge in [-0.2, -0.15) is 5.10 Å². The molecule has 0 unspecified atom stereocenters. The number of halogens is 1. The highest BCUT2D eigenvalue weighted by Gasteiger charge is 2.16. The maximum Gasteiger partial charge on any atom is 0.251 e. The minimum atomic E-state index is -0.449. The lowest BCUT2D eigenvalue weighted by Gasteiger charge is -2.16. The van der Waals surface area contributed by atoms with Crippen molar-refractivity contribution in [2.75, 3.05) is 0 Å². The second-order valence-corrected chi connectivity index (χ2v) is 6.49. The van der Waals surface area contributed by atoms with E-state index >= 15 is 0 Å². The van der Waals surface area contributed by atoms with Crippen LogP contribution in [0.25, 0.3) is 5.69 Å². The molecule has 0 aliphatic carbocycles. The smallest absolute Gasteiger partial charge is 0.251 e. The summed E-state index contributed by atoms with van der Waals surface area (Å²) >= 11 is 5.44. The summed E-state index contributed by atoms with van der Waals surface area (Å²) < 4.78 is 15.7. The van der Waals surface area contributed by atoms with Gasteiger partial charge in [-0.15, -0.1) is 0 Å². The van der Waals surface area contributed by atoms with Gasteiger partial charge in [-0.1, -0.05) is 38.1 Å². The monoisotopic (exact) mass is 384 g/mol. The Labute approximate surface area is 162 Å². The van der Waals surface area contributed by atoms with E-state index in [1.54, 1.807) is 6.07 Å². The molecule has 0 bridgehead atoms. The van der Waals surface area contributed by atoms with Crippen molar-refractivity contribution in [2.45, 2.75) is 33.2 Å². The van der Waals surface area contributed by atoms with Crippen molar-refractivity contribution in [3.8, 4) is 5.69 Å². The summed E-state index contributed by atoms with van der Waals surface area (Å²) in [5.74, 6) is -0.218. The third-order valence-corrected chi connectivity index (χ3v) is 4.70. The number of para-hydroxylation sites is 1. The van der Waals surface area contributed by atoms with Gasteiger partial charge in [0.05, 0.1) is 12.2 Å². The first-order chi connectivity index (χ1) is 13.0. The second kappa shape index (κ2) is 8.26. The molecule has 3 rings (SSSR count). The van der Waals surface area contributed by atoms with Gasteiger partial charge in [-0.05, 0) is 54.4 Å². The van der Waals surface area contributed by atoms with Crippen molar-refractivity contribution in [2.24, 2.45) is 0 Å². The molecule has 0 aliphatic rings. The highest BCUT2D eigenvalue weighted by molar-refractivity contribution is 7.71. The molecule has 1 aromatic heterocycles. The first kappa shape index (κ1) is 19.0. The van der Waals surface area contributed by atoms with Gasteiger partial charge in [0.1, 0.15) is 5.82 Å². The van der Waals surface area contributed by atoms with Crippen molar-refractivity contribution in [1.29, 1.82) is 0 Å². The van der Waals surface area contributed by atoms with Gasteiger partial charge in [-0.25, -0.2) is 4.39 Å². The Morgan fingerprint density at radius 3 is 2.48 bits per heavy atom. The molecule has 0 saturated carbocycles. The van der Waals surface area contributed by atoms with Gasteiger partial charge in [-0.3, -0.25) is 14.5 Å². The molecule has 0 aliphatic heterocycles. The Balaban J connectivity index is 1.93. The molecule has 1 amide bonds. The Hall–Kier alpha value is -2.80. The van der Waals surface area contributed by atoms with Crippen LogP contribution in [-0.4, -0.2) is 20.7 Å². The topological polar surface area (TPSA) is 62.7 Å². The van der Waals surface area contributed by atoms with Crippen LogP contribution in [0.3, 0.4) is 0 Å². The Morgan fingerprint density at radius 1 is 1.19 bits per heavy atom. The van der Waals surface area contributed by atoms with E-state index in [2.05, 4.69) is 41.5 Å². The van der Waals surface area contributed by atoms with Crippen LogP contribution in [0, 0.1) is 10.6 Å². The fourth-order valence-electron chi connectivity index (χ4n) is 3.07. The highest BCUT2D eigenvalue weighted by atomic mass is 32.1. The SMILES string of the molecule is CCc1cccc(CC)c1-n1c(CNC(=O)c2cccc(F)c2)n[nH]c1=S. The van der Waals surface area contributed by atoms with E-state index in [4.69, 9.17) is 12.2 Å². The van der Waals surface area contributed by atoms with Crippen molar-refractivity contribution >= 4 is 18.1 Å². The van der Waals surface area contributed by atoms with Crippen molar-refractivity contribution in [1.82, 2.24) is 20.1 Å². The standard InChI is InChI=1S/C20H21FN4OS/c1-3-13-7-5-8-14(4-2)18(13)25-17(23-24-20(25)27)12-22-19(26)15-9-6-10-16(21)11-15/h5-11H,3-4,12H2,1-2H3,(H,22,26)(H,24,27). The average molecular weight is 384 g/mol. The van der Waals surface area contributed by atoms with Gasteiger partial charge in [0, 0.05) is 5.56 Å². The molecule has 0 spiro atoms. The lowest BCUT2D eigenvalue weighted by atomic mass is 10.0. The predicted molar refractivity (Wildman–Crippen MR) is 105 cm³/mol. The maximum atomic E-state index is 13.3. The first-order valence-electron chi connectivity index (χ1n) is 8.86. The quantitative estimate of drug-likeness (QED) is 0.629. The fourth-order valence-corrected chi connectivity index (χ4v) is 3.31.